The maximum absolute atomic E-state index is 5.87. The second-order valence-corrected chi connectivity index (χ2v) is 6.15. The third-order valence-electron chi connectivity index (χ3n) is 2.95. The number of nitrogens with two attached hydrogens (primary N) is 1. The van der Waals surface area contributed by atoms with E-state index in [-0.39, 0.29) is 0 Å². The molecule has 1 heterocycles. The van der Waals surface area contributed by atoms with Gasteiger partial charge in [0.25, 0.3) is 0 Å². The Morgan fingerprint density at radius 3 is 2.76 bits per heavy atom. The Bertz CT molecular complexity index is 502. The van der Waals surface area contributed by atoms with Gasteiger partial charge in [-0.15, -0.1) is 11.3 Å². The molecule has 0 aliphatic rings. The molecule has 17 heavy (non-hydrogen) atoms. The third-order valence-corrected chi connectivity index (χ3v) is 4.15. The van der Waals surface area contributed by atoms with Crippen LogP contribution in [0.2, 0.25) is 0 Å². The van der Waals surface area contributed by atoms with Crippen LogP contribution in [0.1, 0.15) is 36.8 Å². The molecule has 1 aromatic carbocycles. The topological polar surface area (TPSA) is 38.9 Å². The Kier molecular flexibility index (Phi) is 3.79. The molecule has 0 spiro atoms. The van der Waals surface area contributed by atoms with Crippen molar-refractivity contribution in [2.45, 2.75) is 33.1 Å². The number of aryl methyl sites for hydroxylation is 1. The van der Waals surface area contributed by atoms with Gasteiger partial charge < -0.3 is 5.73 Å². The van der Waals surface area contributed by atoms with Crippen LogP contribution in [-0.4, -0.2) is 11.5 Å². The molecule has 0 bridgehead atoms. The maximum Gasteiger partial charge on any atom is 0.0982 e. The van der Waals surface area contributed by atoms with Gasteiger partial charge in [0.1, 0.15) is 0 Å². The zero-order chi connectivity index (χ0) is 12.4. The molecule has 2 rings (SSSR count). The molecule has 1 unspecified atom stereocenters. The van der Waals surface area contributed by atoms with Gasteiger partial charge in [0.05, 0.1) is 15.2 Å². The van der Waals surface area contributed by atoms with E-state index < -0.39 is 0 Å². The van der Waals surface area contributed by atoms with Crippen molar-refractivity contribution in [2.75, 3.05) is 6.54 Å². The largest absolute Gasteiger partial charge is 0.330 e. The number of fused-ring (bicyclic) bond motifs is 1. The molecule has 92 valence electrons. The highest BCUT2D eigenvalue weighted by atomic mass is 32.1. The van der Waals surface area contributed by atoms with Gasteiger partial charge in [0.2, 0.25) is 0 Å². The van der Waals surface area contributed by atoms with E-state index in [0.717, 1.165) is 11.9 Å². The van der Waals surface area contributed by atoms with Crippen molar-refractivity contribution in [3.8, 4) is 0 Å². The molecule has 0 radical (unpaired) electrons. The Labute approximate surface area is 107 Å². The minimum absolute atomic E-state index is 0.410. The first-order valence-corrected chi connectivity index (χ1v) is 6.99. The summed E-state index contributed by atoms with van der Waals surface area (Å²) < 4.78 is 1.27. The zero-order valence-corrected chi connectivity index (χ0v) is 11.6. The molecule has 2 aromatic rings. The Morgan fingerprint density at radius 1 is 1.35 bits per heavy atom. The van der Waals surface area contributed by atoms with Crippen LogP contribution in [0.3, 0.4) is 0 Å². The Hall–Kier alpha value is -0.930. The first-order chi connectivity index (χ1) is 8.10. The van der Waals surface area contributed by atoms with Crippen LogP contribution in [0.4, 0.5) is 0 Å². The number of hydrogen-bond donors (Lipinski definition) is 1. The van der Waals surface area contributed by atoms with Crippen molar-refractivity contribution in [3.05, 3.63) is 28.8 Å². The molecule has 2 N–H and O–H groups in total. The van der Waals surface area contributed by atoms with Crippen LogP contribution in [0.15, 0.2) is 18.2 Å². The molecule has 0 saturated carbocycles. The van der Waals surface area contributed by atoms with E-state index in [0.29, 0.717) is 18.4 Å². The van der Waals surface area contributed by atoms with Crippen molar-refractivity contribution >= 4 is 21.6 Å². The summed E-state index contributed by atoms with van der Waals surface area (Å²) >= 11 is 1.79. The Morgan fingerprint density at radius 2 is 2.12 bits per heavy atom. The predicted molar refractivity (Wildman–Crippen MR) is 75.6 cm³/mol. The molecule has 1 aromatic heterocycles. The van der Waals surface area contributed by atoms with Gasteiger partial charge in [-0.05, 0) is 37.0 Å². The van der Waals surface area contributed by atoms with E-state index in [1.807, 2.05) is 0 Å². The number of hydrogen-bond acceptors (Lipinski definition) is 3. The molecular formula is C14H20N2S. The lowest BCUT2D eigenvalue weighted by Gasteiger charge is -2.13. The quantitative estimate of drug-likeness (QED) is 0.896. The lowest BCUT2D eigenvalue weighted by molar-refractivity contribution is 0.503. The third kappa shape index (κ3) is 2.85. The van der Waals surface area contributed by atoms with Crippen LogP contribution in [-0.2, 0) is 0 Å². The molecule has 0 aliphatic heterocycles. The summed E-state index contributed by atoms with van der Waals surface area (Å²) in [4.78, 5) is 4.74. The van der Waals surface area contributed by atoms with Gasteiger partial charge in [-0.25, -0.2) is 4.98 Å². The molecule has 0 aliphatic carbocycles. The van der Waals surface area contributed by atoms with Crippen molar-refractivity contribution in [3.63, 3.8) is 0 Å². The van der Waals surface area contributed by atoms with Crippen LogP contribution >= 0.6 is 11.3 Å². The number of rotatable bonds is 4. The number of benzene rings is 1. The maximum atomic E-state index is 5.87. The first kappa shape index (κ1) is 12.5. The van der Waals surface area contributed by atoms with Gasteiger partial charge in [-0.3, -0.25) is 0 Å². The van der Waals surface area contributed by atoms with Gasteiger partial charge in [0.15, 0.2) is 0 Å². The summed E-state index contributed by atoms with van der Waals surface area (Å²) in [7, 11) is 0. The van der Waals surface area contributed by atoms with Crippen molar-refractivity contribution in [1.82, 2.24) is 4.98 Å². The highest BCUT2D eigenvalue weighted by molar-refractivity contribution is 7.18. The van der Waals surface area contributed by atoms with Crippen LogP contribution < -0.4 is 5.73 Å². The predicted octanol–water partition coefficient (Wildman–Crippen LogP) is 3.69. The zero-order valence-electron chi connectivity index (χ0n) is 10.7. The van der Waals surface area contributed by atoms with Gasteiger partial charge in [0, 0.05) is 12.5 Å². The molecule has 0 saturated heterocycles. The van der Waals surface area contributed by atoms with E-state index in [4.69, 9.17) is 10.7 Å². The van der Waals surface area contributed by atoms with Crippen molar-refractivity contribution < 1.29 is 0 Å². The summed E-state index contributed by atoms with van der Waals surface area (Å²) in [6.07, 6.45) is 1.12. The molecule has 1 atom stereocenters. The van der Waals surface area contributed by atoms with Gasteiger partial charge in [-0.2, -0.15) is 0 Å². The smallest absolute Gasteiger partial charge is 0.0982 e. The van der Waals surface area contributed by atoms with E-state index in [9.17, 15) is 0 Å². The van der Waals surface area contributed by atoms with E-state index in [1.54, 1.807) is 11.3 Å². The fourth-order valence-corrected chi connectivity index (χ4v) is 3.17. The van der Waals surface area contributed by atoms with Crippen molar-refractivity contribution in [2.24, 2.45) is 11.7 Å². The van der Waals surface area contributed by atoms with Crippen LogP contribution in [0, 0.1) is 12.8 Å². The molecule has 2 nitrogen and oxygen atoms in total. The normalized spacial score (nSPS) is 13.5. The first-order valence-electron chi connectivity index (χ1n) is 6.17. The standard InChI is InChI=1S/C14H20N2S/c1-9(2)6-11(8-15)14-16-12-7-10(3)4-5-13(12)17-14/h4-5,7,9,11H,6,8,15H2,1-3H3. The summed E-state index contributed by atoms with van der Waals surface area (Å²) in [6, 6.07) is 6.46. The average molecular weight is 248 g/mol. The summed E-state index contributed by atoms with van der Waals surface area (Å²) in [6.45, 7) is 7.27. The van der Waals surface area contributed by atoms with Crippen LogP contribution in [0.25, 0.3) is 10.2 Å². The van der Waals surface area contributed by atoms with E-state index in [2.05, 4.69) is 39.0 Å². The highest BCUT2D eigenvalue weighted by Crippen LogP contribution is 2.31. The van der Waals surface area contributed by atoms with Crippen LogP contribution in [0.5, 0.6) is 0 Å². The summed E-state index contributed by atoms with van der Waals surface area (Å²) in [5.74, 6) is 1.07. The number of thiazole rings is 1. The monoisotopic (exact) mass is 248 g/mol. The molecular weight excluding hydrogens is 228 g/mol. The molecule has 0 amide bonds. The Balaban J connectivity index is 2.34. The lowest BCUT2D eigenvalue weighted by Crippen LogP contribution is -2.14. The number of nitrogens with zero attached hydrogens (tertiary/aromatic N) is 1. The lowest BCUT2D eigenvalue weighted by atomic mass is 9.98. The molecule has 3 heteroatoms. The second-order valence-electron chi connectivity index (χ2n) is 5.09. The van der Waals surface area contributed by atoms with Gasteiger partial charge in [-0.1, -0.05) is 19.9 Å². The van der Waals surface area contributed by atoms with E-state index >= 15 is 0 Å². The van der Waals surface area contributed by atoms with Crippen molar-refractivity contribution in [1.29, 1.82) is 0 Å². The summed E-state index contributed by atoms with van der Waals surface area (Å²) in [5.41, 5.74) is 8.26. The number of aromatic nitrogens is 1. The SMILES string of the molecule is Cc1ccc2sc(C(CN)CC(C)C)nc2c1. The average Bonchev–Trinajstić information content (AvgIpc) is 2.68. The van der Waals surface area contributed by atoms with E-state index in [1.165, 1.54) is 15.3 Å². The molecule has 0 fully saturated rings. The minimum Gasteiger partial charge on any atom is -0.330 e. The second kappa shape index (κ2) is 5.15. The fourth-order valence-electron chi connectivity index (χ4n) is 2.10. The highest BCUT2D eigenvalue weighted by Gasteiger charge is 2.16. The van der Waals surface area contributed by atoms with Gasteiger partial charge >= 0.3 is 0 Å². The fraction of sp³-hybridized carbons (Fsp3) is 0.500. The summed E-state index contributed by atoms with van der Waals surface area (Å²) in [5, 5.41) is 1.20. The minimum atomic E-state index is 0.410.